The van der Waals surface area contributed by atoms with Crippen molar-refractivity contribution in [3.05, 3.63) is 47.9 Å². The zero-order valence-electron chi connectivity index (χ0n) is 17.6. The van der Waals surface area contributed by atoms with Gasteiger partial charge in [-0.05, 0) is 43.7 Å². The molecule has 1 aromatic carbocycles. The zero-order chi connectivity index (χ0) is 20.9. The average Bonchev–Trinajstić information content (AvgIpc) is 3.26. The van der Waals surface area contributed by atoms with Crippen molar-refractivity contribution < 1.29 is 19.0 Å². The van der Waals surface area contributed by atoms with Crippen molar-refractivity contribution in [2.75, 3.05) is 32.8 Å². The fourth-order valence-corrected chi connectivity index (χ4v) is 3.10. The van der Waals surface area contributed by atoms with Gasteiger partial charge in [0.15, 0.2) is 17.5 Å². The van der Waals surface area contributed by atoms with Crippen LogP contribution < -0.4 is 20.1 Å². The molecule has 0 aliphatic carbocycles. The Bertz CT molecular complexity index is 829. The molecule has 2 heterocycles. The Morgan fingerprint density at radius 1 is 1.10 bits per heavy atom. The first-order valence-corrected chi connectivity index (χ1v) is 10.0. The van der Waals surface area contributed by atoms with Crippen LogP contribution in [-0.2, 0) is 11.0 Å². The lowest BCUT2D eigenvalue weighted by Gasteiger charge is -2.27. The Hall–Kier alpha value is -2.67. The molecule has 1 unspecified atom stereocenters. The largest absolute Gasteiger partial charge is 0.486 e. The molecule has 1 aliphatic rings. The van der Waals surface area contributed by atoms with Crippen LogP contribution in [0.5, 0.6) is 11.5 Å². The first-order valence-electron chi connectivity index (χ1n) is 10.0. The second kappa shape index (κ2) is 8.78. The number of aliphatic hydroxyl groups is 1. The highest BCUT2D eigenvalue weighted by molar-refractivity contribution is 5.79. The first-order chi connectivity index (χ1) is 13.8. The summed E-state index contributed by atoms with van der Waals surface area (Å²) in [5, 5.41) is 17.1. The molecule has 2 aromatic rings. The van der Waals surface area contributed by atoms with Gasteiger partial charge in [0.25, 0.3) is 0 Å². The molecule has 1 aromatic heterocycles. The molecule has 7 nitrogen and oxygen atoms in total. The van der Waals surface area contributed by atoms with Gasteiger partial charge in [0.2, 0.25) is 0 Å². The van der Waals surface area contributed by atoms with Crippen LogP contribution in [0.1, 0.15) is 39.0 Å². The van der Waals surface area contributed by atoms with E-state index in [2.05, 4.69) is 30.5 Å². The normalized spacial score (nSPS) is 16.2. The molecule has 0 radical (unpaired) electrons. The summed E-state index contributed by atoms with van der Waals surface area (Å²) in [5.74, 6) is 2.72. The summed E-state index contributed by atoms with van der Waals surface area (Å²) in [7, 11) is 0. The molecule has 0 amide bonds. The van der Waals surface area contributed by atoms with Crippen molar-refractivity contribution in [3.8, 4) is 11.5 Å². The van der Waals surface area contributed by atoms with Crippen molar-refractivity contribution in [2.24, 2.45) is 4.99 Å². The van der Waals surface area contributed by atoms with E-state index in [0.717, 1.165) is 23.6 Å². The third-order valence-electron chi connectivity index (χ3n) is 4.95. The molecule has 0 saturated carbocycles. The van der Waals surface area contributed by atoms with Crippen LogP contribution in [0.15, 0.2) is 46.0 Å². The second-order valence-electron chi connectivity index (χ2n) is 8.04. The zero-order valence-corrected chi connectivity index (χ0v) is 17.6. The average molecular weight is 402 g/mol. The van der Waals surface area contributed by atoms with Crippen LogP contribution in [0.25, 0.3) is 0 Å². The third kappa shape index (κ3) is 5.23. The Labute approximate surface area is 172 Å². The van der Waals surface area contributed by atoms with Gasteiger partial charge in [0, 0.05) is 12.0 Å². The standard InChI is InChI=1S/C22H31N3O4/c1-5-23-20(25-15-22(4,26)19-7-6-10-29-19)24-14-21(2,3)16-8-9-17-18(13-16)28-12-11-27-17/h6-10,13,26H,5,11-12,14-15H2,1-4H3,(H2,23,24,25). The van der Waals surface area contributed by atoms with E-state index in [9.17, 15) is 5.11 Å². The fraction of sp³-hybridized carbons (Fsp3) is 0.500. The van der Waals surface area contributed by atoms with Crippen LogP contribution in [-0.4, -0.2) is 43.9 Å². The lowest BCUT2D eigenvalue weighted by atomic mass is 9.84. The number of ether oxygens (including phenoxy) is 2. The molecule has 0 spiro atoms. The van der Waals surface area contributed by atoms with Crippen LogP contribution in [0.3, 0.4) is 0 Å². The maximum absolute atomic E-state index is 10.6. The van der Waals surface area contributed by atoms with Gasteiger partial charge in [-0.25, -0.2) is 0 Å². The summed E-state index contributed by atoms with van der Waals surface area (Å²) < 4.78 is 16.7. The number of nitrogens with one attached hydrogen (secondary N) is 2. The summed E-state index contributed by atoms with van der Waals surface area (Å²) >= 11 is 0. The van der Waals surface area contributed by atoms with Crippen LogP contribution in [0.2, 0.25) is 0 Å². The minimum atomic E-state index is -1.13. The van der Waals surface area contributed by atoms with Gasteiger partial charge in [-0.15, -0.1) is 0 Å². The lowest BCUT2D eigenvalue weighted by molar-refractivity contribution is 0.0386. The lowest BCUT2D eigenvalue weighted by Crippen LogP contribution is -2.45. The maximum atomic E-state index is 10.6. The molecule has 0 fully saturated rings. The molecule has 0 saturated heterocycles. The Kier molecular flexibility index (Phi) is 6.37. The number of fused-ring (bicyclic) bond motifs is 1. The molecule has 1 atom stereocenters. The highest BCUT2D eigenvalue weighted by Crippen LogP contribution is 2.35. The summed E-state index contributed by atoms with van der Waals surface area (Å²) in [6.07, 6.45) is 1.55. The van der Waals surface area contributed by atoms with Crippen molar-refractivity contribution in [1.29, 1.82) is 0 Å². The van der Waals surface area contributed by atoms with E-state index in [1.807, 2.05) is 19.1 Å². The minimum absolute atomic E-state index is 0.207. The smallest absolute Gasteiger partial charge is 0.191 e. The monoisotopic (exact) mass is 401 g/mol. The Morgan fingerprint density at radius 3 is 2.55 bits per heavy atom. The highest BCUT2D eigenvalue weighted by Gasteiger charge is 2.27. The highest BCUT2D eigenvalue weighted by atomic mass is 16.6. The maximum Gasteiger partial charge on any atom is 0.191 e. The van der Waals surface area contributed by atoms with E-state index < -0.39 is 5.60 Å². The Balaban J connectivity index is 1.68. The molecular formula is C22H31N3O4. The molecule has 3 rings (SSSR count). The number of guanidine groups is 1. The molecule has 29 heavy (non-hydrogen) atoms. The molecule has 158 valence electrons. The predicted molar refractivity (Wildman–Crippen MR) is 113 cm³/mol. The molecular weight excluding hydrogens is 370 g/mol. The third-order valence-corrected chi connectivity index (χ3v) is 4.95. The van der Waals surface area contributed by atoms with E-state index in [4.69, 9.17) is 18.9 Å². The summed E-state index contributed by atoms with van der Waals surface area (Å²) in [5.41, 5.74) is -0.212. The molecule has 1 aliphatic heterocycles. The van der Waals surface area contributed by atoms with Crippen molar-refractivity contribution in [2.45, 2.75) is 38.7 Å². The number of rotatable bonds is 7. The van der Waals surface area contributed by atoms with E-state index >= 15 is 0 Å². The SMILES string of the molecule is CCNC(=NCC(C)(C)c1ccc2c(c1)OCCO2)NCC(C)(O)c1ccco1. The number of hydrogen-bond donors (Lipinski definition) is 3. The van der Waals surface area contributed by atoms with E-state index in [1.165, 1.54) is 0 Å². The van der Waals surface area contributed by atoms with E-state index in [-0.39, 0.29) is 12.0 Å². The fourth-order valence-electron chi connectivity index (χ4n) is 3.10. The summed E-state index contributed by atoms with van der Waals surface area (Å²) in [4.78, 5) is 4.74. The van der Waals surface area contributed by atoms with Gasteiger partial charge < -0.3 is 29.6 Å². The van der Waals surface area contributed by atoms with Crippen molar-refractivity contribution >= 4 is 5.96 Å². The molecule has 3 N–H and O–H groups in total. The topological polar surface area (TPSA) is 88.3 Å². The second-order valence-corrected chi connectivity index (χ2v) is 8.04. The molecule has 0 bridgehead atoms. The number of aliphatic imine (C=N–C) groups is 1. The first kappa shape index (κ1) is 21.0. The van der Waals surface area contributed by atoms with Crippen LogP contribution >= 0.6 is 0 Å². The number of benzene rings is 1. The van der Waals surface area contributed by atoms with Crippen molar-refractivity contribution in [1.82, 2.24) is 10.6 Å². The van der Waals surface area contributed by atoms with Crippen molar-refractivity contribution in [3.63, 3.8) is 0 Å². The van der Waals surface area contributed by atoms with Gasteiger partial charge in [-0.2, -0.15) is 0 Å². The van der Waals surface area contributed by atoms with Gasteiger partial charge in [0.1, 0.15) is 24.6 Å². The summed E-state index contributed by atoms with van der Waals surface area (Å²) in [6, 6.07) is 9.58. The van der Waals surface area contributed by atoms with Gasteiger partial charge in [-0.3, -0.25) is 4.99 Å². The predicted octanol–water partition coefficient (Wildman–Crippen LogP) is 2.79. The number of nitrogens with zero attached hydrogens (tertiary/aromatic N) is 1. The Morgan fingerprint density at radius 2 is 1.86 bits per heavy atom. The van der Waals surface area contributed by atoms with Gasteiger partial charge >= 0.3 is 0 Å². The number of hydrogen-bond acceptors (Lipinski definition) is 5. The summed E-state index contributed by atoms with van der Waals surface area (Å²) in [6.45, 7) is 10.7. The van der Waals surface area contributed by atoms with E-state index in [1.54, 1.807) is 25.3 Å². The van der Waals surface area contributed by atoms with Crippen LogP contribution in [0, 0.1) is 0 Å². The van der Waals surface area contributed by atoms with Crippen LogP contribution in [0.4, 0.5) is 0 Å². The van der Waals surface area contributed by atoms with Gasteiger partial charge in [-0.1, -0.05) is 19.9 Å². The molecule has 7 heteroatoms. The quantitative estimate of drug-likeness (QED) is 0.488. The van der Waals surface area contributed by atoms with E-state index in [0.29, 0.717) is 31.5 Å². The minimum Gasteiger partial charge on any atom is -0.486 e. The number of furan rings is 1. The van der Waals surface area contributed by atoms with Gasteiger partial charge in [0.05, 0.1) is 19.4 Å².